The predicted octanol–water partition coefficient (Wildman–Crippen LogP) is 2.49. The fourth-order valence-electron chi connectivity index (χ4n) is 4.33. The van der Waals surface area contributed by atoms with Crippen molar-refractivity contribution < 1.29 is 22.3 Å². The molecule has 1 saturated heterocycles. The topological polar surface area (TPSA) is 87.7 Å². The number of halogens is 1. The summed E-state index contributed by atoms with van der Waals surface area (Å²) in [6.45, 7) is 1.26. The van der Waals surface area contributed by atoms with Crippen molar-refractivity contribution >= 4 is 15.9 Å². The number of carbonyl (C=O) groups is 1. The molecule has 2 unspecified atom stereocenters. The van der Waals surface area contributed by atoms with Crippen LogP contribution in [0.3, 0.4) is 0 Å². The van der Waals surface area contributed by atoms with Gasteiger partial charge in [0.05, 0.1) is 12.7 Å². The second-order valence-corrected chi connectivity index (χ2v) is 10.4. The molecule has 0 saturated carbocycles. The first-order chi connectivity index (χ1) is 15.2. The number of sulfonamides is 1. The maximum absolute atomic E-state index is 14.3. The number of ether oxygens (including phenoxy) is 1. The zero-order valence-corrected chi connectivity index (χ0v) is 19.4. The third kappa shape index (κ3) is 4.79. The van der Waals surface area contributed by atoms with Gasteiger partial charge in [-0.2, -0.15) is 0 Å². The fourth-order valence-corrected chi connectivity index (χ4v) is 5.95. The Morgan fingerprint density at radius 3 is 2.59 bits per heavy atom. The van der Waals surface area contributed by atoms with Gasteiger partial charge in [0.25, 0.3) is 5.91 Å². The van der Waals surface area contributed by atoms with E-state index in [-0.39, 0.29) is 5.56 Å². The average molecular weight is 464 g/mol. The summed E-state index contributed by atoms with van der Waals surface area (Å²) in [5.74, 6) is -0.671. The molecule has 1 heterocycles. The molecule has 2 N–H and O–H groups in total. The van der Waals surface area contributed by atoms with Crippen molar-refractivity contribution in [1.29, 1.82) is 0 Å². The van der Waals surface area contributed by atoms with Gasteiger partial charge >= 0.3 is 0 Å². The van der Waals surface area contributed by atoms with E-state index in [1.807, 2.05) is 0 Å². The second-order valence-electron chi connectivity index (χ2n) is 8.15. The Kier molecular flexibility index (Phi) is 7.53. The van der Waals surface area contributed by atoms with E-state index < -0.39 is 32.5 Å². The third-order valence-corrected chi connectivity index (χ3v) is 8.23. The molecule has 0 radical (unpaired) electrons. The van der Waals surface area contributed by atoms with Crippen molar-refractivity contribution in [2.75, 3.05) is 34.3 Å². The number of hydrogen-bond donors (Lipinski definition) is 2. The number of para-hydroxylation sites is 1. The molecule has 1 aliphatic rings. The zero-order chi connectivity index (χ0) is 23.4. The molecule has 0 aliphatic carbocycles. The van der Waals surface area contributed by atoms with Crippen molar-refractivity contribution in [3.8, 4) is 5.75 Å². The van der Waals surface area contributed by atoms with Gasteiger partial charge in [-0.05, 0) is 62.2 Å². The zero-order valence-electron chi connectivity index (χ0n) is 18.6. The van der Waals surface area contributed by atoms with Crippen molar-refractivity contribution in [2.45, 2.75) is 30.1 Å². The van der Waals surface area contributed by atoms with Crippen LogP contribution in [0.1, 0.15) is 35.2 Å². The lowest BCUT2D eigenvalue weighted by atomic mass is 9.74. The Hall–Kier alpha value is -2.49. The number of nitrogens with zero attached hydrogens (tertiary/aromatic N) is 1. The Labute approximate surface area is 189 Å². The van der Waals surface area contributed by atoms with Gasteiger partial charge in [0, 0.05) is 19.5 Å². The van der Waals surface area contributed by atoms with Crippen LogP contribution < -0.4 is 15.4 Å². The van der Waals surface area contributed by atoms with Gasteiger partial charge in [0.1, 0.15) is 11.6 Å². The largest absolute Gasteiger partial charge is 0.496 e. The van der Waals surface area contributed by atoms with E-state index in [9.17, 15) is 17.6 Å². The fraction of sp³-hybridized carbons (Fsp3) is 0.435. The molecular formula is C23H30FN3O4S. The van der Waals surface area contributed by atoms with Gasteiger partial charge in [-0.3, -0.25) is 4.79 Å². The molecule has 174 valence electrons. The quantitative estimate of drug-likeness (QED) is 0.659. The Balaban J connectivity index is 2.16. The van der Waals surface area contributed by atoms with Crippen LogP contribution in [-0.2, 0) is 15.4 Å². The lowest BCUT2D eigenvalue weighted by Crippen LogP contribution is -2.58. The number of carbonyl (C=O) groups excluding carboxylic acids is 1. The number of amides is 1. The summed E-state index contributed by atoms with van der Waals surface area (Å²) in [4.78, 5) is 13.3. The van der Waals surface area contributed by atoms with Crippen LogP contribution in [0, 0.1) is 5.82 Å². The Morgan fingerprint density at radius 1 is 1.16 bits per heavy atom. The summed E-state index contributed by atoms with van der Waals surface area (Å²) >= 11 is 0. The van der Waals surface area contributed by atoms with E-state index >= 15 is 0 Å². The van der Waals surface area contributed by atoms with Gasteiger partial charge in [-0.1, -0.05) is 24.3 Å². The van der Waals surface area contributed by atoms with Crippen LogP contribution in [0.15, 0.2) is 48.5 Å². The number of rotatable bonds is 7. The maximum atomic E-state index is 14.3. The molecule has 2 aromatic rings. The van der Waals surface area contributed by atoms with Crippen LogP contribution in [0.2, 0.25) is 0 Å². The molecule has 3 rings (SSSR count). The predicted molar refractivity (Wildman–Crippen MR) is 122 cm³/mol. The number of benzene rings is 2. The lowest BCUT2D eigenvalue weighted by molar-refractivity contribution is 0.0925. The molecule has 0 aromatic heterocycles. The third-order valence-electron chi connectivity index (χ3n) is 6.05. The average Bonchev–Trinajstić information content (AvgIpc) is 3.04. The van der Waals surface area contributed by atoms with E-state index in [1.54, 1.807) is 36.4 Å². The molecule has 1 aliphatic heterocycles. The molecule has 0 spiro atoms. The number of methoxy groups -OCH3 is 1. The molecule has 2 aromatic carbocycles. The molecule has 1 fully saturated rings. The number of hydrogen-bond acceptors (Lipinski definition) is 5. The molecular weight excluding hydrogens is 433 g/mol. The summed E-state index contributed by atoms with van der Waals surface area (Å²) in [5, 5.41) is 4.78. The van der Waals surface area contributed by atoms with Crippen LogP contribution in [0.4, 0.5) is 4.39 Å². The molecule has 1 amide bonds. The first kappa shape index (κ1) is 24.2. The summed E-state index contributed by atoms with van der Waals surface area (Å²) in [7, 11) is 0.336. The lowest BCUT2D eigenvalue weighted by Gasteiger charge is -2.41. The van der Waals surface area contributed by atoms with E-state index in [0.717, 1.165) is 4.31 Å². The highest BCUT2D eigenvalue weighted by Gasteiger charge is 2.49. The molecule has 0 bridgehead atoms. The van der Waals surface area contributed by atoms with Crippen LogP contribution in [0.25, 0.3) is 0 Å². The van der Waals surface area contributed by atoms with Crippen molar-refractivity contribution in [1.82, 2.24) is 14.9 Å². The van der Waals surface area contributed by atoms with Gasteiger partial charge in [0.2, 0.25) is 10.0 Å². The first-order valence-corrected chi connectivity index (χ1v) is 12.0. The van der Waals surface area contributed by atoms with Crippen LogP contribution in [-0.4, -0.2) is 58.3 Å². The van der Waals surface area contributed by atoms with Gasteiger partial charge in [-0.15, -0.1) is 0 Å². The maximum Gasteiger partial charge on any atom is 0.256 e. The van der Waals surface area contributed by atoms with E-state index in [4.69, 9.17) is 4.74 Å². The summed E-state index contributed by atoms with van der Waals surface area (Å²) in [6, 6.07) is 12.7. The highest BCUT2D eigenvalue weighted by molar-refractivity contribution is 7.89. The van der Waals surface area contributed by atoms with Crippen molar-refractivity contribution in [3.05, 3.63) is 65.5 Å². The highest BCUT2D eigenvalue weighted by Crippen LogP contribution is 2.41. The Bertz CT molecular complexity index is 1050. The van der Waals surface area contributed by atoms with Crippen LogP contribution >= 0.6 is 0 Å². The first-order valence-electron chi connectivity index (χ1n) is 10.5. The summed E-state index contributed by atoms with van der Waals surface area (Å²) < 4.78 is 47.8. The van der Waals surface area contributed by atoms with Crippen LogP contribution in [0.5, 0.6) is 5.75 Å². The minimum atomic E-state index is -3.99. The van der Waals surface area contributed by atoms with E-state index in [2.05, 4.69) is 10.6 Å². The minimum absolute atomic E-state index is 0.232. The van der Waals surface area contributed by atoms with E-state index in [1.165, 1.54) is 33.3 Å². The Morgan fingerprint density at radius 2 is 1.91 bits per heavy atom. The highest BCUT2D eigenvalue weighted by atomic mass is 32.2. The monoisotopic (exact) mass is 463 g/mol. The van der Waals surface area contributed by atoms with Gasteiger partial charge in [0.15, 0.2) is 5.37 Å². The van der Waals surface area contributed by atoms with Gasteiger partial charge < -0.3 is 15.4 Å². The van der Waals surface area contributed by atoms with Crippen molar-refractivity contribution in [2.24, 2.45) is 0 Å². The van der Waals surface area contributed by atoms with Gasteiger partial charge in [-0.25, -0.2) is 17.1 Å². The molecule has 2 atom stereocenters. The second kappa shape index (κ2) is 9.97. The molecule has 7 nitrogen and oxygen atoms in total. The smallest absolute Gasteiger partial charge is 0.256 e. The summed E-state index contributed by atoms with van der Waals surface area (Å²) in [5.41, 5.74) is -0.237. The SMILES string of the molecule is COc1ccccc1C(=O)NC(C1(c2cccc(F)c2)CCCNCC1)S(=O)(=O)N(C)C. The van der Waals surface area contributed by atoms with Crippen molar-refractivity contribution in [3.63, 3.8) is 0 Å². The normalized spacial score (nSPS) is 20.4. The van der Waals surface area contributed by atoms with E-state index in [0.29, 0.717) is 43.7 Å². The standard InChI is InChI=1S/C23H30FN3O4S/c1-27(2)32(29,30)22(26-21(28)19-10-4-5-11-20(19)31-3)23(12-7-14-25-15-13-23)17-8-6-9-18(24)16-17/h4-6,8-11,16,22,25H,7,12-15H2,1-3H3,(H,26,28). The molecule has 9 heteroatoms. The minimum Gasteiger partial charge on any atom is -0.496 e. The summed E-state index contributed by atoms with van der Waals surface area (Å²) in [6.07, 6.45) is 1.56. The molecule has 32 heavy (non-hydrogen) atoms. The number of nitrogens with one attached hydrogen (secondary N) is 2.